The fraction of sp³-hybridized carbons (Fsp3) is 0.167. The van der Waals surface area contributed by atoms with Crippen molar-refractivity contribution in [2.75, 3.05) is 0 Å². The van der Waals surface area contributed by atoms with E-state index in [0.29, 0.717) is 15.6 Å². The zero-order valence-electron chi connectivity index (χ0n) is 13.7. The van der Waals surface area contributed by atoms with Crippen molar-refractivity contribution in [3.05, 3.63) is 70.2 Å². The lowest BCUT2D eigenvalue weighted by Gasteiger charge is -2.27. The summed E-state index contributed by atoms with van der Waals surface area (Å²) in [4.78, 5) is 41.7. The number of amides is 3. The lowest BCUT2D eigenvalue weighted by atomic mass is 10.0. The molecule has 2 aromatic rings. The molecule has 1 aliphatic heterocycles. The number of hydrogen-bond donors (Lipinski definition) is 2. The van der Waals surface area contributed by atoms with E-state index in [1.165, 1.54) is 12.1 Å². The summed E-state index contributed by atoms with van der Waals surface area (Å²) in [7, 11) is 0. The van der Waals surface area contributed by atoms with Gasteiger partial charge in [-0.05, 0) is 36.8 Å². The third-order valence-electron chi connectivity index (χ3n) is 3.98. The molecule has 0 radical (unpaired) electrons. The number of nitrogens with zero attached hydrogens (tertiary/aromatic N) is 1. The number of imide groups is 1. The fourth-order valence-electron chi connectivity index (χ4n) is 2.74. The van der Waals surface area contributed by atoms with Crippen LogP contribution in [0.2, 0.25) is 5.02 Å². The van der Waals surface area contributed by atoms with Crippen LogP contribution >= 0.6 is 11.6 Å². The molecule has 8 heteroatoms. The zero-order valence-corrected chi connectivity index (χ0v) is 14.4. The number of carboxylic acid groups (broad SMARTS) is 1. The standard InChI is InChI=1S/C18H15ClN2O5/c1-10(20-18(24)25)15(11-6-8-12(19)9-7-11)26-21-16(22)13-4-2-3-5-14(13)17(21)23/h2-10,15,20H,1H3,(H,24,25)/t10-,15-/m0/s1. The van der Waals surface area contributed by atoms with Crippen molar-refractivity contribution in [1.82, 2.24) is 10.4 Å². The number of hydrogen-bond acceptors (Lipinski definition) is 4. The summed E-state index contributed by atoms with van der Waals surface area (Å²) in [5.41, 5.74) is 1.05. The Morgan fingerprint density at radius 1 is 1.08 bits per heavy atom. The number of nitrogens with one attached hydrogen (secondary N) is 1. The van der Waals surface area contributed by atoms with Gasteiger partial charge < -0.3 is 10.4 Å². The fourth-order valence-corrected chi connectivity index (χ4v) is 2.87. The molecule has 1 heterocycles. The van der Waals surface area contributed by atoms with Crippen molar-refractivity contribution in [2.24, 2.45) is 0 Å². The Kier molecular flexibility index (Phi) is 4.92. The van der Waals surface area contributed by atoms with Gasteiger partial charge in [0.05, 0.1) is 17.2 Å². The molecule has 7 nitrogen and oxygen atoms in total. The Morgan fingerprint density at radius 3 is 2.12 bits per heavy atom. The van der Waals surface area contributed by atoms with Gasteiger partial charge in [0.15, 0.2) is 0 Å². The third-order valence-corrected chi connectivity index (χ3v) is 4.23. The topological polar surface area (TPSA) is 95.9 Å². The average Bonchev–Trinajstić information content (AvgIpc) is 2.85. The first-order valence-electron chi connectivity index (χ1n) is 7.78. The van der Waals surface area contributed by atoms with Gasteiger partial charge >= 0.3 is 6.09 Å². The number of carbonyl (C=O) groups excluding carboxylic acids is 2. The third kappa shape index (κ3) is 3.40. The normalized spacial score (nSPS) is 15.5. The van der Waals surface area contributed by atoms with Gasteiger partial charge in [-0.15, -0.1) is 5.06 Å². The molecular weight excluding hydrogens is 360 g/mol. The maximum Gasteiger partial charge on any atom is 0.404 e. The van der Waals surface area contributed by atoms with Crippen LogP contribution in [0.25, 0.3) is 0 Å². The van der Waals surface area contributed by atoms with Gasteiger partial charge in [0, 0.05) is 5.02 Å². The molecule has 134 valence electrons. The van der Waals surface area contributed by atoms with E-state index in [2.05, 4.69) is 5.32 Å². The summed E-state index contributed by atoms with van der Waals surface area (Å²) in [6, 6.07) is 12.2. The van der Waals surface area contributed by atoms with Crippen LogP contribution in [-0.4, -0.2) is 34.1 Å². The van der Waals surface area contributed by atoms with Crippen LogP contribution < -0.4 is 5.32 Å². The van der Waals surface area contributed by atoms with Crippen molar-refractivity contribution < 1.29 is 24.3 Å². The monoisotopic (exact) mass is 374 g/mol. The minimum Gasteiger partial charge on any atom is -0.465 e. The summed E-state index contributed by atoms with van der Waals surface area (Å²) >= 11 is 5.89. The van der Waals surface area contributed by atoms with Gasteiger partial charge in [-0.25, -0.2) is 4.79 Å². The van der Waals surface area contributed by atoms with Gasteiger partial charge in [-0.1, -0.05) is 35.9 Å². The quantitative estimate of drug-likeness (QED) is 0.783. The van der Waals surface area contributed by atoms with Gasteiger partial charge in [-0.3, -0.25) is 14.4 Å². The second kappa shape index (κ2) is 7.15. The minimum atomic E-state index is -1.25. The molecule has 0 fully saturated rings. The number of hydroxylamine groups is 2. The van der Waals surface area contributed by atoms with Crippen LogP contribution in [0.15, 0.2) is 48.5 Å². The van der Waals surface area contributed by atoms with E-state index in [-0.39, 0.29) is 11.1 Å². The van der Waals surface area contributed by atoms with Crippen molar-refractivity contribution in [2.45, 2.75) is 19.1 Å². The van der Waals surface area contributed by atoms with Crippen molar-refractivity contribution >= 4 is 29.5 Å². The Labute approximate surface area is 154 Å². The molecule has 0 saturated heterocycles. The maximum atomic E-state index is 12.5. The highest BCUT2D eigenvalue weighted by Gasteiger charge is 2.39. The van der Waals surface area contributed by atoms with Crippen molar-refractivity contribution in [1.29, 1.82) is 0 Å². The first-order chi connectivity index (χ1) is 12.4. The van der Waals surface area contributed by atoms with Crippen LogP contribution in [-0.2, 0) is 4.84 Å². The van der Waals surface area contributed by atoms with E-state index in [1.54, 1.807) is 43.3 Å². The molecule has 0 aliphatic carbocycles. The van der Waals surface area contributed by atoms with Crippen LogP contribution in [0, 0.1) is 0 Å². The van der Waals surface area contributed by atoms with Crippen LogP contribution in [0.5, 0.6) is 0 Å². The Balaban J connectivity index is 1.91. The maximum absolute atomic E-state index is 12.5. The van der Waals surface area contributed by atoms with Gasteiger partial charge in [0.2, 0.25) is 0 Å². The largest absolute Gasteiger partial charge is 0.465 e. The van der Waals surface area contributed by atoms with Gasteiger partial charge in [0.25, 0.3) is 11.8 Å². The summed E-state index contributed by atoms with van der Waals surface area (Å²) in [5.74, 6) is -1.18. The predicted molar refractivity (Wildman–Crippen MR) is 92.8 cm³/mol. The predicted octanol–water partition coefficient (Wildman–Crippen LogP) is 3.27. The summed E-state index contributed by atoms with van der Waals surface area (Å²) < 4.78 is 0. The molecule has 0 unspecified atom stereocenters. The average molecular weight is 375 g/mol. The summed E-state index contributed by atoms with van der Waals surface area (Å²) in [5, 5.41) is 12.4. The molecule has 3 amide bonds. The number of benzene rings is 2. The Bertz CT molecular complexity index is 833. The molecule has 0 saturated carbocycles. The van der Waals surface area contributed by atoms with Crippen LogP contribution in [0.3, 0.4) is 0 Å². The Hall–Kier alpha value is -2.90. The lowest BCUT2D eigenvalue weighted by Crippen LogP contribution is -2.41. The van der Waals surface area contributed by atoms with E-state index in [1.807, 2.05) is 0 Å². The molecule has 26 heavy (non-hydrogen) atoms. The second-order valence-electron chi connectivity index (χ2n) is 5.77. The van der Waals surface area contributed by atoms with Gasteiger partial charge in [0.1, 0.15) is 6.10 Å². The van der Waals surface area contributed by atoms with Crippen LogP contribution in [0.1, 0.15) is 39.3 Å². The number of rotatable bonds is 5. The highest BCUT2D eigenvalue weighted by Crippen LogP contribution is 2.29. The first-order valence-corrected chi connectivity index (χ1v) is 8.16. The zero-order chi connectivity index (χ0) is 18.8. The number of halogens is 1. The van der Waals surface area contributed by atoms with Crippen LogP contribution in [0.4, 0.5) is 4.79 Å². The molecule has 1 aliphatic rings. The van der Waals surface area contributed by atoms with Gasteiger partial charge in [-0.2, -0.15) is 0 Å². The van der Waals surface area contributed by atoms with Crippen molar-refractivity contribution in [3.63, 3.8) is 0 Å². The molecule has 3 rings (SSSR count). The molecule has 0 spiro atoms. The second-order valence-corrected chi connectivity index (χ2v) is 6.20. The molecule has 0 bridgehead atoms. The lowest BCUT2D eigenvalue weighted by molar-refractivity contribution is -0.142. The minimum absolute atomic E-state index is 0.242. The van der Waals surface area contributed by atoms with E-state index >= 15 is 0 Å². The van der Waals surface area contributed by atoms with E-state index in [9.17, 15) is 14.4 Å². The molecule has 2 atom stereocenters. The summed E-state index contributed by atoms with van der Waals surface area (Å²) in [6.07, 6.45) is -2.16. The van der Waals surface area contributed by atoms with E-state index in [4.69, 9.17) is 21.5 Å². The van der Waals surface area contributed by atoms with E-state index in [0.717, 1.165) is 0 Å². The van der Waals surface area contributed by atoms with E-state index < -0.39 is 30.1 Å². The molecule has 2 aromatic carbocycles. The highest BCUT2D eigenvalue weighted by atomic mass is 35.5. The first kappa shape index (κ1) is 17.9. The molecule has 2 N–H and O–H groups in total. The number of fused-ring (bicyclic) bond motifs is 1. The number of carbonyl (C=O) groups is 3. The smallest absolute Gasteiger partial charge is 0.404 e. The SMILES string of the molecule is C[C@H](NC(=O)O)[C@H](ON1C(=O)c2ccccc2C1=O)c1ccc(Cl)cc1. The summed E-state index contributed by atoms with van der Waals surface area (Å²) in [6.45, 7) is 1.57. The van der Waals surface area contributed by atoms with Crippen molar-refractivity contribution in [3.8, 4) is 0 Å². The molecular formula is C18H15ClN2O5. The molecule has 0 aromatic heterocycles. The highest BCUT2D eigenvalue weighted by molar-refractivity contribution is 6.30. The Morgan fingerprint density at radius 2 is 1.62 bits per heavy atom.